The summed E-state index contributed by atoms with van der Waals surface area (Å²) < 4.78 is 5.26. The summed E-state index contributed by atoms with van der Waals surface area (Å²) >= 11 is 0. The van der Waals surface area contributed by atoms with Crippen LogP contribution in [0.25, 0.3) is 0 Å². The molecule has 6 nitrogen and oxygen atoms in total. The minimum Gasteiger partial charge on any atom is -0.447 e. The Morgan fingerprint density at radius 1 is 1.36 bits per heavy atom. The Kier molecular flexibility index (Phi) is 4.66. The number of nitrogens with zero attached hydrogens (tertiary/aromatic N) is 2. The molecule has 1 aromatic rings. The molecule has 122 valence electrons. The van der Waals surface area contributed by atoms with Gasteiger partial charge in [0.2, 0.25) is 0 Å². The van der Waals surface area contributed by atoms with E-state index in [2.05, 4.69) is 15.5 Å². The van der Waals surface area contributed by atoms with E-state index in [0.717, 1.165) is 38.8 Å². The maximum absolute atomic E-state index is 11.9. The van der Waals surface area contributed by atoms with Crippen molar-refractivity contribution >= 4 is 6.09 Å². The molecule has 3 rings (SSSR count). The van der Waals surface area contributed by atoms with Crippen molar-refractivity contribution < 1.29 is 9.53 Å². The summed E-state index contributed by atoms with van der Waals surface area (Å²) in [7, 11) is 0. The van der Waals surface area contributed by atoms with Crippen molar-refractivity contribution in [2.24, 2.45) is 0 Å². The average molecular weight is 306 g/mol. The second-order valence-corrected chi connectivity index (χ2v) is 6.67. The molecule has 6 heteroatoms. The number of amides is 1. The molecule has 0 spiro atoms. The molecular formula is C16H26N4O2. The molecule has 0 aromatic carbocycles. The molecule has 2 heterocycles. The van der Waals surface area contributed by atoms with Crippen molar-refractivity contribution in [1.29, 1.82) is 0 Å². The molecule has 1 aliphatic carbocycles. The number of aromatic amines is 1. The van der Waals surface area contributed by atoms with Gasteiger partial charge in [0, 0.05) is 37.3 Å². The lowest BCUT2D eigenvalue weighted by molar-refractivity contribution is 0.0671. The second-order valence-electron chi connectivity index (χ2n) is 6.67. The van der Waals surface area contributed by atoms with E-state index in [4.69, 9.17) is 4.74 Å². The fraction of sp³-hybridized carbons (Fsp3) is 0.750. The van der Waals surface area contributed by atoms with Crippen LogP contribution < -0.4 is 5.32 Å². The maximum atomic E-state index is 11.9. The smallest absolute Gasteiger partial charge is 0.410 e. The molecule has 0 radical (unpaired) electrons. The number of H-pyrrole nitrogens is 1. The number of piperidine rings is 1. The molecule has 1 unspecified atom stereocenters. The van der Waals surface area contributed by atoms with Crippen LogP contribution in [0.2, 0.25) is 0 Å². The Labute approximate surface area is 131 Å². The third-order valence-corrected chi connectivity index (χ3v) is 4.58. The summed E-state index contributed by atoms with van der Waals surface area (Å²) in [5, 5.41) is 11.0. The standard InChI is InChI=1S/C16H26N4O2/c1-11(2)22-16(21)20-7-5-13(6-8-20)18-14-4-3-12-10-17-19-15(12)9-14/h10-11,13-14,18H,3-9H2,1-2H3,(H,17,19). The van der Waals surface area contributed by atoms with Gasteiger partial charge in [0.15, 0.2) is 0 Å². The van der Waals surface area contributed by atoms with E-state index in [1.807, 2.05) is 24.9 Å². The van der Waals surface area contributed by atoms with Gasteiger partial charge in [-0.2, -0.15) is 5.10 Å². The minimum atomic E-state index is -0.173. The first-order valence-corrected chi connectivity index (χ1v) is 8.34. The predicted molar refractivity (Wildman–Crippen MR) is 83.7 cm³/mol. The minimum absolute atomic E-state index is 0.0470. The van der Waals surface area contributed by atoms with E-state index in [-0.39, 0.29) is 12.2 Å². The zero-order valence-electron chi connectivity index (χ0n) is 13.5. The average Bonchev–Trinajstić information content (AvgIpc) is 2.95. The van der Waals surface area contributed by atoms with E-state index in [1.54, 1.807) is 0 Å². The fourth-order valence-electron chi connectivity index (χ4n) is 3.39. The van der Waals surface area contributed by atoms with Crippen LogP contribution in [0.3, 0.4) is 0 Å². The Morgan fingerprint density at radius 2 is 2.14 bits per heavy atom. The number of ether oxygens (including phenoxy) is 1. The first-order chi connectivity index (χ1) is 10.6. The van der Waals surface area contributed by atoms with E-state index in [0.29, 0.717) is 12.1 Å². The molecule has 1 saturated heterocycles. The molecule has 0 bridgehead atoms. The number of nitrogens with one attached hydrogen (secondary N) is 2. The van der Waals surface area contributed by atoms with Crippen LogP contribution in [0.15, 0.2) is 6.20 Å². The number of aromatic nitrogens is 2. The van der Waals surface area contributed by atoms with Crippen LogP contribution in [-0.4, -0.2) is 52.5 Å². The highest BCUT2D eigenvalue weighted by Gasteiger charge is 2.27. The normalized spacial score (nSPS) is 22.7. The highest BCUT2D eigenvalue weighted by molar-refractivity contribution is 5.67. The lowest BCUT2D eigenvalue weighted by Gasteiger charge is -2.35. The first-order valence-electron chi connectivity index (χ1n) is 8.34. The van der Waals surface area contributed by atoms with Gasteiger partial charge in [0.1, 0.15) is 0 Å². The van der Waals surface area contributed by atoms with Gasteiger partial charge < -0.3 is 15.0 Å². The largest absolute Gasteiger partial charge is 0.447 e. The van der Waals surface area contributed by atoms with Gasteiger partial charge in [-0.05, 0) is 45.1 Å². The van der Waals surface area contributed by atoms with Gasteiger partial charge in [-0.15, -0.1) is 0 Å². The van der Waals surface area contributed by atoms with E-state index in [9.17, 15) is 4.79 Å². The Balaban J connectivity index is 1.44. The number of hydrogen-bond donors (Lipinski definition) is 2. The summed E-state index contributed by atoms with van der Waals surface area (Å²) in [6, 6.07) is 1.02. The number of rotatable bonds is 3. The topological polar surface area (TPSA) is 70.2 Å². The van der Waals surface area contributed by atoms with Crippen molar-refractivity contribution in [3.05, 3.63) is 17.5 Å². The van der Waals surface area contributed by atoms with Crippen LogP contribution in [-0.2, 0) is 17.6 Å². The van der Waals surface area contributed by atoms with E-state index >= 15 is 0 Å². The van der Waals surface area contributed by atoms with Gasteiger partial charge in [-0.3, -0.25) is 5.10 Å². The molecule has 1 aliphatic heterocycles. The van der Waals surface area contributed by atoms with Crippen molar-refractivity contribution in [2.45, 2.75) is 64.1 Å². The molecule has 1 fully saturated rings. The molecule has 22 heavy (non-hydrogen) atoms. The van der Waals surface area contributed by atoms with Gasteiger partial charge in [-0.25, -0.2) is 4.79 Å². The second kappa shape index (κ2) is 6.69. The summed E-state index contributed by atoms with van der Waals surface area (Å²) in [4.78, 5) is 13.7. The summed E-state index contributed by atoms with van der Waals surface area (Å²) in [5.41, 5.74) is 2.64. The number of likely N-dealkylation sites (tertiary alicyclic amines) is 1. The zero-order valence-corrected chi connectivity index (χ0v) is 13.5. The molecule has 1 amide bonds. The van der Waals surface area contributed by atoms with Crippen LogP contribution in [0.4, 0.5) is 4.79 Å². The molecule has 2 aliphatic rings. The first kappa shape index (κ1) is 15.3. The molecule has 1 atom stereocenters. The summed E-state index contributed by atoms with van der Waals surface area (Å²) in [5.74, 6) is 0. The van der Waals surface area contributed by atoms with Crippen molar-refractivity contribution in [3.8, 4) is 0 Å². The molecular weight excluding hydrogens is 280 g/mol. The van der Waals surface area contributed by atoms with Crippen LogP contribution in [0, 0.1) is 0 Å². The number of carbonyl (C=O) groups excluding carboxylic acids is 1. The van der Waals surface area contributed by atoms with Gasteiger partial charge in [0.05, 0.1) is 12.3 Å². The predicted octanol–water partition coefficient (Wildman–Crippen LogP) is 1.87. The lowest BCUT2D eigenvalue weighted by atomic mass is 9.92. The van der Waals surface area contributed by atoms with Gasteiger partial charge in [-0.1, -0.05) is 0 Å². The number of fused-ring (bicyclic) bond motifs is 1. The fourth-order valence-corrected chi connectivity index (χ4v) is 3.39. The van der Waals surface area contributed by atoms with Gasteiger partial charge >= 0.3 is 6.09 Å². The van der Waals surface area contributed by atoms with Crippen LogP contribution in [0.5, 0.6) is 0 Å². The highest BCUT2D eigenvalue weighted by Crippen LogP contribution is 2.21. The highest BCUT2D eigenvalue weighted by atomic mass is 16.6. The molecule has 1 aromatic heterocycles. The summed E-state index contributed by atoms with van der Waals surface area (Å²) in [6.45, 7) is 5.34. The summed E-state index contributed by atoms with van der Waals surface area (Å²) in [6.07, 6.45) is 7.03. The van der Waals surface area contributed by atoms with Gasteiger partial charge in [0.25, 0.3) is 0 Å². The van der Waals surface area contributed by atoms with Crippen LogP contribution in [0.1, 0.15) is 44.4 Å². The van der Waals surface area contributed by atoms with E-state index < -0.39 is 0 Å². The van der Waals surface area contributed by atoms with Crippen molar-refractivity contribution in [3.63, 3.8) is 0 Å². The Bertz CT molecular complexity index is 506. The maximum Gasteiger partial charge on any atom is 0.410 e. The lowest BCUT2D eigenvalue weighted by Crippen LogP contribution is -2.49. The SMILES string of the molecule is CC(C)OC(=O)N1CCC(NC2CCc3cn[nH]c3C2)CC1. The molecule has 0 saturated carbocycles. The van der Waals surface area contributed by atoms with Crippen molar-refractivity contribution in [2.75, 3.05) is 13.1 Å². The number of hydrogen-bond acceptors (Lipinski definition) is 4. The quantitative estimate of drug-likeness (QED) is 0.894. The molecule has 2 N–H and O–H groups in total. The third kappa shape index (κ3) is 3.61. The van der Waals surface area contributed by atoms with Crippen molar-refractivity contribution in [1.82, 2.24) is 20.4 Å². The number of carbonyl (C=O) groups is 1. The number of aryl methyl sites for hydroxylation is 1. The van der Waals surface area contributed by atoms with Crippen LogP contribution >= 0.6 is 0 Å². The Morgan fingerprint density at radius 3 is 2.86 bits per heavy atom. The third-order valence-electron chi connectivity index (χ3n) is 4.58. The Hall–Kier alpha value is -1.56. The van der Waals surface area contributed by atoms with E-state index in [1.165, 1.54) is 17.7 Å². The monoisotopic (exact) mass is 306 g/mol. The zero-order chi connectivity index (χ0) is 15.5.